The molecular formula is C22H25F3N2O3S. The summed E-state index contributed by atoms with van der Waals surface area (Å²) in [5, 5.41) is 0. The zero-order valence-electron chi connectivity index (χ0n) is 17.8. The maximum Gasteiger partial charge on any atom is 0.407 e. The molecule has 0 N–H and O–H groups in total. The van der Waals surface area contributed by atoms with Gasteiger partial charge in [0.25, 0.3) is 0 Å². The lowest BCUT2D eigenvalue weighted by molar-refractivity contribution is -0.136. The Morgan fingerprint density at radius 3 is 2.16 bits per heavy atom. The molecule has 168 valence electrons. The van der Waals surface area contributed by atoms with E-state index >= 15 is 0 Å². The van der Waals surface area contributed by atoms with Gasteiger partial charge in [-0.3, -0.25) is 0 Å². The van der Waals surface area contributed by atoms with Crippen LogP contribution in [0.4, 0.5) is 24.5 Å². The van der Waals surface area contributed by atoms with Crippen molar-refractivity contribution >= 4 is 21.2 Å². The van der Waals surface area contributed by atoms with Gasteiger partial charge in [-0.05, 0) is 41.8 Å². The van der Waals surface area contributed by atoms with Crippen molar-refractivity contribution in [2.45, 2.75) is 31.8 Å². The minimum Gasteiger partial charge on any atom is -0.492 e. The van der Waals surface area contributed by atoms with Crippen LogP contribution in [0.1, 0.15) is 26.3 Å². The molecule has 0 aliphatic rings. The Kier molecular flexibility index (Phi) is 7.27. The van der Waals surface area contributed by atoms with E-state index in [1.807, 2.05) is 20.8 Å². The van der Waals surface area contributed by atoms with Gasteiger partial charge in [-0.15, -0.1) is 0 Å². The molecule has 0 fully saturated rings. The maximum absolute atomic E-state index is 13.4. The number of alkyl halides is 3. The first-order valence-corrected chi connectivity index (χ1v) is 11.4. The second-order valence-corrected chi connectivity index (χ2v) is 10.4. The number of anilines is 1. The highest BCUT2D eigenvalue weighted by Crippen LogP contribution is 2.39. The predicted molar refractivity (Wildman–Crippen MR) is 114 cm³/mol. The number of hydrogen-bond donors (Lipinski definition) is 0. The van der Waals surface area contributed by atoms with E-state index < -0.39 is 27.3 Å². The topological polar surface area (TPSA) is 51.0 Å². The van der Waals surface area contributed by atoms with E-state index in [2.05, 4.69) is 4.85 Å². The molecule has 0 atom stereocenters. The van der Waals surface area contributed by atoms with E-state index in [9.17, 15) is 21.6 Å². The van der Waals surface area contributed by atoms with Gasteiger partial charge in [-0.1, -0.05) is 26.8 Å². The summed E-state index contributed by atoms with van der Waals surface area (Å²) in [6.45, 7) is 13.9. The van der Waals surface area contributed by atoms with Crippen LogP contribution in [-0.4, -0.2) is 34.4 Å². The quantitative estimate of drug-likeness (QED) is 0.512. The summed E-state index contributed by atoms with van der Waals surface area (Å²) in [5.41, 5.74) is -1.25. The molecule has 31 heavy (non-hydrogen) atoms. The van der Waals surface area contributed by atoms with Crippen molar-refractivity contribution < 1.29 is 26.3 Å². The summed E-state index contributed by atoms with van der Waals surface area (Å²) in [6.07, 6.45) is -3.51. The molecule has 0 aromatic heterocycles. The van der Waals surface area contributed by atoms with E-state index in [1.54, 1.807) is 4.90 Å². The molecule has 0 unspecified atom stereocenters. The highest BCUT2D eigenvalue weighted by atomic mass is 32.2. The Bertz CT molecular complexity index is 1050. The van der Waals surface area contributed by atoms with Gasteiger partial charge < -0.3 is 9.64 Å². The number of ether oxygens (including phenoxy) is 1. The first kappa shape index (κ1) is 24.5. The van der Waals surface area contributed by atoms with Gasteiger partial charge in [0, 0.05) is 18.5 Å². The third-order valence-electron chi connectivity index (χ3n) is 4.32. The van der Waals surface area contributed by atoms with Crippen molar-refractivity contribution in [1.82, 2.24) is 0 Å². The van der Waals surface area contributed by atoms with Gasteiger partial charge in [0.1, 0.15) is 12.4 Å². The van der Waals surface area contributed by atoms with Crippen LogP contribution in [-0.2, 0) is 16.0 Å². The van der Waals surface area contributed by atoms with Crippen LogP contribution >= 0.6 is 0 Å². The average molecular weight is 455 g/mol. The number of benzene rings is 2. The zero-order valence-corrected chi connectivity index (χ0v) is 18.6. The minimum absolute atomic E-state index is 0.175. The van der Waals surface area contributed by atoms with Crippen molar-refractivity contribution in [2.24, 2.45) is 5.41 Å². The summed E-state index contributed by atoms with van der Waals surface area (Å²) in [5.74, 6) is 0.461. The first-order chi connectivity index (χ1) is 14.2. The van der Waals surface area contributed by atoms with Crippen molar-refractivity contribution in [1.29, 1.82) is 0 Å². The molecule has 9 heteroatoms. The molecule has 0 radical (unpaired) electrons. The number of halogens is 3. The molecule has 0 aliphatic carbocycles. The van der Waals surface area contributed by atoms with E-state index in [0.29, 0.717) is 24.5 Å². The fourth-order valence-corrected chi connectivity index (χ4v) is 3.60. The van der Waals surface area contributed by atoms with Crippen LogP contribution in [0, 0.1) is 12.0 Å². The lowest BCUT2D eigenvalue weighted by atomic mass is 9.95. The van der Waals surface area contributed by atoms with Crippen LogP contribution in [0.3, 0.4) is 0 Å². The molecule has 2 rings (SSSR count). The molecule has 0 saturated heterocycles. The van der Waals surface area contributed by atoms with Gasteiger partial charge in [0.15, 0.2) is 15.5 Å². The summed E-state index contributed by atoms with van der Waals surface area (Å²) < 4.78 is 68.9. The number of sulfone groups is 1. The van der Waals surface area contributed by atoms with Gasteiger partial charge in [0.05, 0.1) is 23.6 Å². The number of nitrogens with zero attached hydrogens (tertiary/aromatic N) is 2. The highest BCUT2D eigenvalue weighted by molar-refractivity contribution is 7.90. The second-order valence-electron chi connectivity index (χ2n) is 8.39. The summed E-state index contributed by atoms with van der Waals surface area (Å²) in [6, 6.07) is 9.65. The van der Waals surface area contributed by atoms with Crippen LogP contribution in [0.25, 0.3) is 4.85 Å². The largest absolute Gasteiger partial charge is 0.492 e. The molecular weight excluding hydrogens is 429 g/mol. The van der Waals surface area contributed by atoms with Gasteiger partial charge >= 0.3 is 6.18 Å². The van der Waals surface area contributed by atoms with Gasteiger partial charge in [0.2, 0.25) is 0 Å². The summed E-state index contributed by atoms with van der Waals surface area (Å²) >= 11 is 0. The second kappa shape index (κ2) is 9.18. The molecule has 0 aliphatic heterocycles. The normalized spacial score (nSPS) is 12.3. The van der Waals surface area contributed by atoms with E-state index in [-0.39, 0.29) is 16.9 Å². The van der Waals surface area contributed by atoms with Crippen LogP contribution < -0.4 is 9.64 Å². The van der Waals surface area contributed by atoms with Gasteiger partial charge in [-0.2, -0.15) is 13.2 Å². The Balaban J connectivity index is 2.21. The van der Waals surface area contributed by atoms with Crippen molar-refractivity contribution in [3.8, 4) is 5.75 Å². The number of rotatable bonds is 7. The fraction of sp³-hybridized carbons (Fsp3) is 0.409. The Morgan fingerprint density at radius 1 is 1.06 bits per heavy atom. The van der Waals surface area contributed by atoms with Crippen molar-refractivity contribution in [3.63, 3.8) is 0 Å². The van der Waals surface area contributed by atoms with Crippen LogP contribution in [0.5, 0.6) is 5.75 Å². The van der Waals surface area contributed by atoms with E-state index in [4.69, 9.17) is 11.3 Å². The SMILES string of the molecule is [C-]#[N+]c1ccc(N(CCOc2ccc(S(C)(=O)=O)cc2)CC(C)(C)C)cc1C(F)(F)F. The third-order valence-corrected chi connectivity index (χ3v) is 5.45. The maximum atomic E-state index is 13.4. The number of hydrogen-bond acceptors (Lipinski definition) is 4. The Labute approximate surface area is 181 Å². The first-order valence-electron chi connectivity index (χ1n) is 9.47. The third kappa shape index (κ3) is 7.17. The highest BCUT2D eigenvalue weighted by Gasteiger charge is 2.34. The lowest BCUT2D eigenvalue weighted by Gasteiger charge is -2.32. The predicted octanol–water partition coefficient (Wildman–Crippen LogP) is 5.59. The zero-order chi connectivity index (χ0) is 23.4. The molecule has 5 nitrogen and oxygen atoms in total. The average Bonchev–Trinajstić information content (AvgIpc) is 2.65. The monoisotopic (exact) mass is 454 g/mol. The van der Waals surface area contributed by atoms with Crippen molar-refractivity contribution in [3.05, 3.63) is 59.4 Å². The van der Waals surface area contributed by atoms with E-state index in [0.717, 1.165) is 12.3 Å². The standard InChI is InChI=1S/C22H25F3N2O3S/c1-21(2,3)15-27(16-6-11-20(26-4)19(14-16)22(23,24)25)12-13-30-17-7-9-18(10-8-17)31(5,28)29/h6-11,14H,12-13,15H2,1-3,5H3. The Morgan fingerprint density at radius 2 is 1.68 bits per heavy atom. The molecule has 0 amide bonds. The molecule has 0 bridgehead atoms. The minimum atomic E-state index is -4.62. The molecule has 0 saturated carbocycles. The van der Waals surface area contributed by atoms with Crippen molar-refractivity contribution in [2.75, 3.05) is 30.9 Å². The van der Waals surface area contributed by atoms with Crippen LogP contribution in [0.2, 0.25) is 0 Å². The molecule has 0 heterocycles. The lowest BCUT2D eigenvalue weighted by Crippen LogP contribution is -2.36. The Hall–Kier alpha value is -2.73. The van der Waals surface area contributed by atoms with Crippen LogP contribution in [0.15, 0.2) is 47.4 Å². The molecule has 2 aromatic rings. The van der Waals surface area contributed by atoms with E-state index in [1.165, 1.54) is 36.4 Å². The fourth-order valence-electron chi connectivity index (χ4n) is 2.97. The molecule has 2 aromatic carbocycles. The molecule has 0 spiro atoms. The summed E-state index contributed by atoms with van der Waals surface area (Å²) in [7, 11) is -3.31. The van der Waals surface area contributed by atoms with Gasteiger partial charge in [-0.25, -0.2) is 13.3 Å². The summed E-state index contributed by atoms with van der Waals surface area (Å²) in [4.78, 5) is 4.94. The smallest absolute Gasteiger partial charge is 0.407 e.